The third kappa shape index (κ3) is 4.47. The number of aromatic nitrogens is 3. The van der Waals surface area contributed by atoms with Crippen LogP contribution in [0.5, 0.6) is 0 Å². The molecule has 0 unspecified atom stereocenters. The van der Waals surface area contributed by atoms with Crippen molar-refractivity contribution in [2.75, 3.05) is 5.32 Å². The van der Waals surface area contributed by atoms with Gasteiger partial charge < -0.3 is 5.32 Å². The maximum absolute atomic E-state index is 12.5. The van der Waals surface area contributed by atoms with Gasteiger partial charge in [-0.1, -0.05) is 35.4 Å². The van der Waals surface area contributed by atoms with Crippen LogP contribution in [0.4, 0.5) is 5.69 Å². The van der Waals surface area contributed by atoms with E-state index in [1.165, 1.54) is 30.4 Å². The van der Waals surface area contributed by atoms with Crippen molar-refractivity contribution in [3.05, 3.63) is 85.0 Å². The van der Waals surface area contributed by atoms with Crippen LogP contribution in [0.15, 0.2) is 57.9 Å². The van der Waals surface area contributed by atoms with Gasteiger partial charge in [0.2, 0.25) is 5.91 Å². The molecule has 142 valence electrons. The van der Waals surface area contributed by atoms with Crippen molar-refractivity contribution in [3.8, 4) is 0 Å². The second-order valence-corrected chi connectivity index (χ2v) is 6.22. The van der Waals surface area contributed by atoms with Crippen LogP contribution in [0.1, 0.15) is 0 Å². The van der Waals surface area contributed by atoms with Crippen LogP contribution in [0.25, 0.3) is 0 Å². The number of hydrogen-bond donors (Lipinski definition) is 1. The van der Waals surface area contributed by atoms with E-state index in [2.05, 4.69) is 18.5 Å². The third-order valence-electron chi connectivity index (χ3n) is 3.51. The zero-order valence-corrected chi connectivity index (χ0v) is 15.7. The monoisotopic (exact) mass is 410 g/mol. The molecular formula is C17H16Cl2N4O4. The zero-order chi connectivity index (χ0) is 20.1. The molecule has 27 heavy (non-hydrogen) atoms. The van der Waals surface area contributed by atoms with E-state index in [9.17, 15) is 19.2 Å². The number of carbonyl (C=O) groups is 1. The molecule has 2 aromatic rings. The van der Waals surface area contributed by atoms with E-state index >= 15 is 0 Å². The Morgan fingerprint density at radius 1 is 0.926 bits per heavy atom. The Morgan fingerprint density at radius 3 is 1.93 bits per heavy atom. The fraction of sp³-hybridized carbons (Fsp3) is 0.176. The number of hydrogen-bond acceptors (Lipinski definition) is 4. The van der Waals surface area contributed by atoms with E-state index in [4.69, 9.17) is 23.2 Å². The molecule has 1 amide bonds. The number of benzene rings is 1. The predicted molar refractivity (Wildman–Crippen MR) is 105 cm³/mol. The molecule has 0 bridgehead atoms. The molecule has 0 atom stereocenters. The normalized spacial score (nSPS) is 10.4. The highest BCUT2D eigenvalue weighted by Crippen LogP contribution is 2.24. The third-order valence-corrected chi connectivity index (χ3v) is 4.25. The Kier molecular flexibility index (Phi) is 6.59. The molecule has 0 aliphatic rings. The average Bonchev–Trinajstić information content (AvgIpc) is 2.62. The number of halogens is 2. The van der Waals surface area contributed by atoms with E-state index in [0.29, 0.717) is 15.3 Å². The van der Waals surface area contributed by atoms with Crippen LogP contribution in [0, 0.1) is 0 Å². The summed E-state index contributed by atoms with van der Waals surface area (Å²) in [4.78, 5) is 49.5. The van der Waals surface area contributed by atoms with Gasteiger partial charge in [-0.05, 0) is 18.2 Å². The first-order chi connectivity index (χ1) is 12.8. The minimum Gasteiger partial charge on any atom is -0.324 e. The molecule has 0 fully saturated rings. The number of allylic oxidation sites excluding steroid dienone is 2. The zero-order valence-electron chi connectivity index (χ0n) is 14.2. The Hall–Kier alpha value is -2.84. The first-order valence-electron chi connectivity index (χ1n) is 7.71. The number of anilines is 1. The van der Waals surface area contributed by atoms with Gasteiger partial charge in [0.15, 0.2) is 0 Å². The lowest BCUT2D eigenvalue weighted by Gasteiger charge is -2.12. The SMILES string of the molecule is C=CCn1c(=O)n(CC=C)c(=O)n(CC(=O)Nc2ccc(Cl)c(Cl)c2)c1=O. The largest absolute Gasteiger partial charge is 0.337 e. The molecule has 1 N–H and O–H groups in total. The topological polar surface area (TPSA) is 95.1 Å². The average molecular weight is 411 g/mol. The van der Waals surface area contributed by atoms with Gasteiger partial charge in [-0.25, -0.2) is 28.1 Å². The Morgan fingerprint density at radius 2 is 1.44 bits per heavy atom. The van der Waals surface area contributed by atoms with Gasteiger partial charge in [0.25, 0.3) is 0 Å². The van der Waals surface area contributed by atoms with Crippen LogP contribution in [-0.4, -0.2) is 19.6 Å². The molecule has 0 spiro atoms. The fourth-order valence-corrected chi connectivity index (χ4v) is 2.60. The lowest BCUT2D eigenvalue weighted by molar-refractivity contribution is -0.116. The smallest absolute Gasteiger partial charge is 0.324 e. The molecule has 0 saturated heterocycles. The van der Waals surface area contributed by atoms with Gasteiger partial charge in [-0.15, -0.1) is 13.2 Å². The van der Waals surface area contributed by atoms with Crippen LogP contribution >= 0.6 is 23.2 Å². The summed E-state index contributed by atoms with van der Waals surface area (Å²) in [5, 5.41) is 3.06. The summed E-state index contributed by atoms with van der Waals surface area (Å²) in [7, 11) is 0. The molecule has 0 radical (unpaired) electrons. The van der Waals surface area contributed by atoms with Gasteiger partial charge in [0.05, 0.1) is 23.1 Å². The molecule has 0 saturated carbocycles. The van der Waals surface area contributed by atoms with Gasteiger partial charge >= 0.3 is 17.1 Å². The van der Waals surface area contributed by atoms with E-state index in [1.807, 2.05) is 0 Å². The second-order valence-electron chi connectivity index (χ2n) is 5.41. The standard InChI is InChI=1S/C17H16Cl2N4O4/c1-3-7-21-15(25)22(8-4-2)17(27)23(16(21)26)10-14(24)20-11-5-6-12(18)13(19)9-11/h3-6,9H,1-2,7-8,10H2,(H,20,24). The number of carbonyl (C=O) groups excluding carboxylic acids is 1. The molecule has 1 aromatic carbocycles. The first-order valence-corrected chi connectivity index (χ1v) is 8.47. The maximum Gasteiger partial charge on any atom is 0.337 e. The number of amides is 1. The molecular weight excluding hydrogens is 395 g/mol. The van der Waals surface area contributed by atoms with E-state index in [-0.39, 0.29) is 18.1 Å². The Labute approximate surface area is 163 Å². The van der Waals surface area contributed by atoms with Crippen LogP contribution in [0.2, 0.25) is 10.0 Å². The lowest BCUT2D eigenvalue weighted by atomic mass is 10.3. The highest BCUT2D eigenvalue weighted by atomic mass is 35.5. The van der Waals surface area contributed by atoms with Crippen LogP contribution in [0.3, 0.4) is 0 Å². The van der Waals surface area contributed by atoms with Gasteiger partial charge in [0, 0.05) is 5.69 Å². The summed E-state index contributed by atoms with van der Waals surface area (Å²) >= 11 is 11.7. The minimum atomic E-state index is -0.908. The highest BCUT2D eigenvalue weighted by Gasteiger charge is 2.16. The molecule has 1 heterocycles. The summed E-state index contributed by atoms with van der Waals surface area (Å²) in [5.41, 5.74) is -2.27. The Bertz CT molecular complexity index is 1030. The number of rotatable bonds is 7. The quantitative estimate of drug-likeness (QED) is 0.699. The first kappa shape index (κ1) is 20.5. The van der Waals surface area contributed by atoms with E-state index < -0.39 is 29.5 Å². The van der Waals surface area contributed by atoms with Crippen molar-refractivity contribution in [2.45, 2.75) is 19.6 Å². The summed E-state index contributed by atoms with van der Waals surface area (Å²) in [6.45, 7) is 6.15. The lowest BCUT2D eigenvalue weighted by Crippen LogP contribution is -2.55. The summed E-state index contributed by atoms with van der Waals surface area (Å²) in [6.07, 6.45) is 2.68. The molecule has 8 nitrogen and oxygen atoms in total. The summed E-state index contributed by atoms with van der Waals surface area (Å²) in [5.74, 6) is -0.651. The van der Waals surface area contributed by atoms with Gasteiger partial charge in [0.1, 0.15) is 6.54 Å². The molecule has 2 rings (SSSR count). The molecule has 10 heteroatoms. The number of nitrogens with zero attached hydrogens (tertiary/aromatic N) is 3. The number of nitrogens with one attached hydrogen (secondary N) is 1. The summed E-state index contributed by atoms with van der Waals surface area (Å²) < 4.78 is 2.29. The van der Waals surface area contributed by atoms with Gasteiger partial charge in [-0.3, -0.25) is 4.79 Å². The van der Waals surface area contributed by atoms with Crippen molar-refractivity contribution in [2.24, 2.45) is 0 Å². The van der Waals surface area contributed by atoms with Crippen molar-refractivity contribution in [1.29, 1.82) is 0 Å². The Balaban J connectivity index is 2.43. The maximum atomic E-state index is 12.5. The predicted octanol–water partition coefficient (Wildman–Crippen LogP) is 1.49. The highest BCUT2D eigenvalue weighted by molar-refractivity contribution is 6.42. The van der Waals surface area contributed by atoms with Gasteiger partial charge in [-0.2, -0.15) is 0 Å². The van der Waals surface area contributed by atoms with E-state index in [0.717, 1.165) is 9.13 Å². The second kappa shape index (κ2) is 8.70. The molecule has 1 aromatic heterocycles. The van der Waals surface area contributed by atoms with Crippen molar-refractivity contribution in [1.82, 2.24) is 13.7 Å². The summed E-state index contributed by atoms with van der Waals surface area (Å²) in [6, 6.07) is 4.44. The molecule has 0 aliphatic carbocycles. The van der Waals surface area contributed by atoms with Crippen molar-refractivity contribution < 1.29 is 4.79 Å². The fourth-order valence-electron chi connectivity index (χ4n) is 2.31. The van der Waals surface area contributed by atoms with Crippen LogP contribution < -0.4 is 22.4 Å². The van der Waals surface area contributed by atoms with Crippen molar-refractivity contribution >= 4 is 34.8 Å². The molecule has 0 aliphatic heterocycles. The van der Waals surface area contributed by atoms with Crippen LogP contribution in [-0.2, 0) is 24.4 Å². The van der Waals surface area contributed by atoms with E-state index in [1.54, 1.807) is 0 Å². The van der Waals surface area contributed by atoms with Crippen molar-refractivity contribution in [3.63, 3.8) is 0 Å². The minimum absolute atomic E-state index is 0.108.